The molecule has 1 N–H and O–H groups in total. The van der Waals surface area contributed by atoms with E-state index >= 15 is 0 Å². The van der Waals surface area contributed by atoms with Crippen molar-refractivity contribution < 1.29 is 14.6 Å². The molecular weight excluding hydrogens is 248 g/mol. The molecule has 0 aliphatic carbocycles. The monoisotopic (exact) mass is 266 g/mol. The molecule has 0 bridgehead atoms. The summed E-state index contributed by atoms with van der Waals surface area (Å²) in [5.41, 5.74) is 0. The number of methoxy groups -OCH3 is 1. The van der Waals surface area contributed by atoms with Gasteiger partial charge in [0.25, 0.3) is 5.91 Å². The Balaban J connectivity index is 1.97. The van der Waals surface area contributed by atoms with Crippen molar-refractivity contribution in [1.29, 1.82) is 0 Å². The molecule has 2 rings (SSSR count). The smallest absolute Gasteiger partial charge is 0.251 e. The number of ether oxygens (including phenoxy) is 1. The Morgan fingerprint density at radius 2 is 2.11 bits per heavy atom. The summed E-state index contributed by atoms with van der Waals surface area (Å²) >= 11 is 0. The zero-order valence-corrected chi connectivity index (χ0v) is 11.1. The molecule has 104 valence electrons. The first-order valence-electron chi connectivity index (χ1n) is 6.20. The summed E-state index contributed by atoms with van der Waals surface area (Å²) in [6, 6.07) is 1.69. The van der Waals surface area contributed by atoms with Crippen molar-refractivity contribution in [2.75, 3.05) is 38.2 Å². The highest BCUT2D eigenvalue weighted by Crippen LogP contribution is 2.14. The number of anilines is 1. The Hall–Kier alpha value is -1.89. The molecule has 0 saturated carbocycles. The second-order valence-corrected chi connectivity index (χ2v) is 4.39. The number of carbonyl (C=O) groups is 1. The number of piperazine rings is 1. The summed E-state index contributed by atoms with van der Waals surface area (Å²) in [4.78, 5) is 23.8. The van der Waals surface area contributed by atoms with Gasteiger partial charge in [-0.3, -0.25) is 4.79 Å². The molecule has 19 heavy (non-hydrogen) atoms. The van der Waals surface area contributed by atoms with Crippen LogP contribution in [0, 0.1) is 0 Å². The number of nitrogens with zero attached hydrogens (tertiary/aromatic N) is 4. The fourth-order valence-corrected chi connectivity index (χ4v) is 1.99. The predicted octanol–water partition coefficient (Wildman–Crippen LogP) is -0.485. The predicted molar refractivity (Wildman–Crippen MR) is 69.1 cm³/mol. The quantitative estimate of drug-likeness (QED) is 0.795. The SMILES string of the molecule is COc1ccnc(N2CCN(C(=O)C(C)O)CC2)n1. The van der Waals surface area contributed by atoms with Crippen molar-refractivity contribution in [3.05, 3.63) is 12.3 Å². The van der Waals surface area contributed by atoms with Gasteiger partial charge in [0.15, 0.2) is 0 Å². The van der Waals surface area contributed by atoms with Crippen molar-refractivity contribution in [3.63, 3.8) is 0 Å². The van der Waals surface area contributed by atoms with E-state index in [2.05, 4.69) is 9.97 Å². The van der Waals surface area contributed by atoms with E-state index in [-0.39, 0.29) is 5.91 Å². The van der Waals surface area contributed by atoms with Crippen molar-refractivity contribution >= 4 is 11.9 Å². The van der Waals surface area contributed by atoms with Gasteiger partial charge < -0.3 is 19.6 Å². The molecule has 1 unspecified atom stereocenters. The molecule has 1 aromatic rings. The van der Waals surface area contributed by atoms with Crippen LogP contribution in [0.25, 0.3) is 0 Å². The number of aromatic nitrogens is 2. The van der Waals surface area contributed by atoms with Crippen LogP contribution in [-0.4, -0.2) is 65.3 Å². The zero-order chi connectivity index (χ0) is 13.8. The molecule has 2 heterocycles. The summed E-state index contributed by atoms with van der Waals surface area (Å²) in [6.07, 6.45) is 0.703. The van der Waals surface area contributed by atoms with Crippen LogP contribution in [0.2, 0.25) is 0 Å². The highest BCUT2D eigenvalue weighted by Gasteiger charge is 2.24. The average molecular weight is 266 g/mol. The van der Waals surface area contributed by atoms with Crippen LogP contribution in [-0.2, 0) is 4.79 Å². The first-order valence-corrected chi connectivity index (χ1v) is 6.20. The minimum Gasteiger partial charge on any atom is -0.481 e. The summed E-state index contributed by atoms with van der Waals surface area (Å²) in [5.74, 6) is 0.891. The van der Waals surface area contributed by atoms with Crippen LogP contribution in [0.15, 0.2) is 12.3 Å². The number of amides is 1. The summed E-state index contributed by atoms with van der Waals surface area (Å²) in [6.45, 7) is 3.89. The normalized spacial score (nSPS) is 17.2. The van der Waals surface area contributed by atoms with Gasteiger partial charge in [0, 0.05) is 38.4 Å². The highest BCUT2D eigenvalue weighted by atomic mass is 16.5. The second kappa shape index (κ2) is 5.83. The Morgan fingerprint density at radius 3 is 2.68 bits per heavy atom. The molecule has 1 aliphatic heterocycles. The van der Waals surface area contributed by atoms with Gasteiger partial charge in [-0.05, 0) is 6.92 Å². The maximum atomic E-state index is 11.6. The molecule has 7 nitrogen and oxygen atoms in total. The zero-order valence-electron chi connectivity index (χ0n) is 11.1. The minimum atomic E-state index is -0.945. The largest absolute Gasteiger partial charge is 0.481 e. The van der Waals surface area contributed by atoms with Gasteiger partial charge in [-0.15, -0.1) is 0 Å². The number of aliphatic hydroxyl groups is 1. The lowest BCUT2D eigenvalue weighted by Gasteiger charge is -2.35. The van der Waals surface area contributed by atoms with Gasteiger partial charge in [0.2, 0.25) is 11.8 Å². The fourth-order valence-electron chi connectivity index (χ4n) is 1.99. The fraction of sp³-hybridized carbons (Fsp3) is 0.583. The Labute approximate surface area is 111 Å². The molecule has 1 aromatic heterocycles. The van der Waals surface area contributed by atoms with E-state index in [9.17, 15) is 9.90 Å². The lowest BCUT2D eigenvalue weighted by Crippen LogP contribution is -2.51. The summed E-state index contributed by atoms with van der Waals surface area (Å²) < 4.78 is 5.06. The van der Waals surface area contributed by atoms with Crippen LogP contribution in [0.3, 0.4) is 0 Å². The Bertz CT molecular complexity index is 444. The number of aliphatic hydroxyl groups excluding tert-OH is 1. The molecule has 0 spiro atoms. The third-order valence-electron chi connectivity index (χ3n) is 3.06. The van der Waals surface area contributed by atoms with Gasteiger partial charge >= 0.3 is 0 Å². The van der Waals surface area contributed by atoms with Crippen LogP contribution >= 0.6 is 0 Å². The number of carbonyl (C=O) groups excluding carboxylic acids is 1. The Kier molecular flexibility index (Phi) is 4.16. The summed E-state index contributed by atoms with van der Waals surface area (Å²) in [7, 11) is 1.56. The van der Waals surface area contributed by atoms with E-state index in [1.807, 2.05) is 4.90 Å². The average Bonchev–Trinajstić information content (AvgIpc) is 2.46. The lowest BCUT2D eigenvalue weighted by molar-refractivity contribution is -0.139. The second-order valence-electron chi connectivity index (χ2n) is 4.39. The van der Waals surface area contributed by atoms with Gasteiger partial charge in [-0.25, -0.2) is 4.98 Å². The first-order chi connectivity index (χ1) is 9.11. The van der Waals surface area contributed by atoms with Gasteiger partial charge in [-0.1, -0.05) is 0 Å². The van der Waals surface area contributed by atoms with Gasteiger partial charge in [0.05, 0.1) is 7.11 Å². The molecule has 1 atom stereocenters. The van der Waals surface area contributed by atoms with Crippen molar-refractivity contribution in [2.45, 2.75) is 13.0 Å². The number of rotatable bonds is 3. The van der Waals surface area contributed by atoms with Gasteiger partial charge in [-0.2, -0.15) is 4.98 Å². The topological polar surface area (TPSA) is 78.8 Å². The number of hydrogen-bond donors (Lipinski definition) is 1. The molecule has 1 amide bonds. The highest BCUT2D eigenvalue weighted by molar-refractivity contribution is 5.80. The lowest BCUT2D eigenvalue weighted by atomic mass is 10.2. The van der Waals surface area contributed by atoms with Crippen molar-refractivity contribution in [1.82, 2.24) is 14.9 Å². The van der Waals surface area contributed by atoms with Crippen LogP contribution in [0.5, 0.6) is 5.88 Å². The standard InChI is InChI=1S/C12H18N4O3/c1-9(17)11(18)15-5-7-16(8-6-15)12-13-4-3-10(14-12)19-2/h3-4,9,17H,5-8H2,1-2H3. The maximum absolute atomic E-state index is 11.6. The molecule has 0 radical (unpaired) electrons. The van der Waals surface area contributed by atoms with E-state index in [4.69, 9.17) is 4.74 Å². The van der Waals surface area contributed by atoms with E-state index in [1.165, 1.54) is 6.92 Å². The molecule has 1 saturated heterocycles. The van der Waals surface area contributed by atoms with Crippen molar-refractivity contribution in [2.24, 2.45) is 0 Å². The van der Waals surface area contributed by atoms with E-state index in [0.717, 1.165) is 0 Å². The van der Waals surface area contributed by atoms with E-state index in [0.29, 0.717) is 38.0 Å². The molecule has 1 fully saturated rings. The minimum absolute atomic E-state index is 0.230. The van der Waals surface area contributed by atoms with Crippen molar-refractivity contribution in [3.8, 4) is 5.88 Å². The van der Waals surface area contributed by atoms with E-state index < -0.39 is 6.10 Å². The van der Waals surface area contributed by atoms with E-state index in [1.54, 1.807) is 24.3 Å². The molecule has 0 aromatic carbocycles. The molecule has 7 heteroatoms. The van der Waals surface area contributed by atoms with Crippen LogP contribution < -0.4 is 9.64 Å². The third-order valence-corrected chi connectivity index (χ3v) is 3.06. The Morgan fingerprint density at radius 1 is 1.42 bits per heavy atom. The maximum Gasteiger partial charge on any atom is 0.251 e. The van der Waals surface area contributed by atoms with Gasteiger partial charge in [0.1, 0.15) is 6.10 Å². The molecule has 1 aliphatic rings. The first kappa shape index (κ1) is 13.5. The van der Waals surface area contributed by atoms with Crippen LogP contribution in [0.4, 0.5) is 5.95 Å². The summed E-state index contributed by atoms with van der Waals surface area (Å²) in [5, 5.41) is 9.28. The third kappa shape index (κ3) is 3.11. The van der Waals surface area contributed by atoms with Crippen LogP contribution in [0.1, 0.15) is 6.92 Å². The molecular formula is C12H18N4O3. The number of hydrogen-bond acceptors (Lipinski definition) is 6.